The van der Waals surface area contributed by atoms with Gasteiger partial charge < -0.3 is 14.7 Å². The third-order valence-electron chi connectivity index (χ3n) is 6.25. The molecule has 1 saturated heterocycles. The van der Waals surface area contributed by atoms with E-state index in [9.17, 15) is 9.50 Å². The van der Waals surface area contributed by atoms with E-state index in [2.05, 4.69) is 15.9 Å². The van der Waals surface area contributed by atoms with Crippen LogP contribution in [0.15, 0.2) is 53.7 Å². The molecule has 2 aromatic carbocycles. The summed E-state index contributed by atoms with van der Waals surface area (Å²) in [6, 6.07) is 7.70. The van der Waals surface area contributed by atoms with E-state index in [-0.39, 0.29) is 46.3 Å². The molecule has 0 bridgehead atoms. The molecule has 2 aliphatic heterocycles. The molecule has 3 unspecified atom stereocenters. The van der Waals surface area contributed by atoms with Gasteiger partial charge in [0.1, 0.15) is 23.0 Å². The Kier molecular flexibility index (Phi) is 5.98. The first-order chi connectivity index (χ1) is 17.3. The molecule has 0 amide bonds. The van der Waals surface area contributed by atoms with Gasteiger partial charge in [-0.2, -0.15) is 0 Å². The highest BCUT2D eigenvalue weighted by atomic mass is 19.1. The fourth-order valence-electron chi connectivity index (χ4n) is 4.33. The highest BCUT2D eigenvalue weighted by molar-refractivity contribution is 6.05. The molecule has 3 heterocycles. The summed E-state index contributed by atoms with van der Waals surface area (Å²) in [7, 11) is 0. The Morgan fingerprint density at radius 2 is 2.08 bits per heavy atom. The molecular weight excluding hydrogens is 469 g/mol. The van der Waals surface area contributed by atoms with Crippen molar-refractivity contribution in [1.29, 1.82) is 5.41 Å². The van der Waals surface area contributed by atoms with Crippen molar-refractivity contribution in [2.45, 2.75) is 25.9 Å². The number of alkyl halides is 1. The summed E-state index contributed by atoms with van der Waals surface area (Å²) in [5.41, 5.74) is -0.418. The predicted molar refractivity (Wildman–Crippen MR) is 131 cm³/mol. The third-order valence-corrected chi connectivity index (χ3v) is 6.25. The number of terminal acetylenes is 1. The van der Waals surface area contributed by atoms with Crippen LogP contribution in [-0.4, -0.2) is 45.9 Å². The van der Waals surface area contributed by atoms with E-state index < -0.39 is 30.1 Å². The second-order valence-electron chi connectivity index (χ2n) is 8.56. The maximum Gasteiger partial charge on any atom is 0.276 e. The smallest absolute Gasteiger partial charge is 0.276 e. The largest absolute Gasteiger partial charge is 0.437 e. The molecule has 0 radical (unpaired) electrons. The third kappa shape index (κ3) is 3.99. The summed E-state index contributed by atoms with van der Waals surface area (Å²) in [6.07, 6.45) is 8.05. The fraction of sp³-hybridized carbons (Fsp3) is 0.222. The number of epoxide rings is 1. The topological polar surface area (TPSA) is 85.1 Å². The number of aliphatic hydroxyl groups is 1. The van der Waals surface area contributed by atoms with Crippen LogP contribution in [0.1, 0.15) is 24.5 Å². The summed E-state index contributed by atoms with van der Waals surface area (Å²) in [4.78, 5) is 9.54. The van der Waals surface area contributed by atoms with Gasteiger partial charge >= 0.3 is 0 Å². The Hall–Kier alpha value is -4.16. The highest BCUT2D eigenvalue weighted by Gasteiger charge is 2.35. The van der Waals surface area contributed by atoms with E-state index in [4.69, 9.17) is 16.6 Å². The minimum atomic E-state index is -1.51. The normalized spacial score (nSPS) is 22.3. The van der Waals surface area contributed by atoms with Crippen LogP contribution in [0.2, 0.25) is 0 Å². The number of hydrogen-bond donors (Lipinski definition) is 2. The highest BCUT2D eigenvalue weighted by Crippen LogP contribution is 2.38. The number of aliphatic hydroxyl groups excluding tert-OH is 1. The number of amidine groups is 1. The van der Waals surface area contributed by atoms with Gasteiger partial charge in [-0.3, -0.25) is 10.4 Å². The van der Waals surface area contributed by atoms with Crippen LogP contribution >= 0.6 is 0 Å². The lowest BCUT2D eigenvalue weighted by molar-refractivity contribution is 0.122. The first-order valence-corrected chi connectivity index (χ1v) is 11.3. The van der Waals surface area contributed by atoms with Crippen molar-refractivity contribution in [3.8, 4) is 23.6 Å². The molecule has 2 N–H and O–H groups in total. The Labute approximate surface area is 205 Å². The van der Waals surface area contributed by atoms with Gasteiger partial charge in [0.2, 0.25) is 0 Å². The Morgan fingerprint density at radius 3 is 2.81 bits per heavy atom. The molecule has 5 rings (SSSR count). The van der Waals surface area contributed by atoms with Gasteiger partial charge in [-0.05, 0) is 17.9 Å². The molecule has 36 heavy (non-hydrogen) atoms. The van der Waals surface area contributed by atoms with Crippen LogP contribution in [-0.2, 0) is 4.74 Å². The van der Waals surface area contributed by atoms with Crippen LogP contribution in [0.3, 0.4) is 0 Å². The van der Waals surface area contributed by atoms with Crippen molar-refractivity contribution >= 4 is 28.2 Å². The minimum Gasteiger partial charge on any atom is -0.437 e. The molecule has 1 fully saturated rings. The number of pyridine rings is 1. The molecule has 0 aliphatic carbocycles. The monoisotopic (exact) mass is 490 g/mol. The van der Waals surface area contributed by atoms with Gasteiger partial charge in [-0.1, -0.05) is 49.3 Å². The maximum atomic E-state index is 16.1. The zero-order chi connectivity index (χ0) is 25.6. The van der Waals surface area contributed by atoms with E-state index in [1.54, 1.807) is 31.2 Å². The molecule has 6 nitrogen and oxygen atoms in total. The van der Waals surface area contributed by atoms with Gasteiger partial charge in [0.05, 0.1) is 11.1 Å². The lowest BCUT2D eigenvalue weighted by atomic mass is 9.96. The number of nitrogens with zero attached hydrogens (tertiary/aromatic N) is 3. The van der Waals surface area contributed by atoms with Gasteiger partial charge in [-0.15, -0.1) is 6.42 Å². The lowest BCUT2D eigenvalue weighted by Crippen LogP contribution is -2.40. The first-order valence-electron chi connectivity index (χ1n) is 11.3. The van der Waals surface area contributed by atoms with Crippen molar-refractivity contribution in [1.82, 2.24) is 9.88 Å². The number of benzene rings is 2. The molecule has 3 atom stereocenters. The van der Waals surface area contributed by atoms with E-state index in [1.165, 1.54) is 23.2 Å². The van der Waals surface area contributed by atoms with Crippen LogP contribution in [0.25, 0.3) is 22.0 Å². The lowest BCUT2D eigenvalue weighted by Gasteiger charge is -2.30. The molecule has 0 spiro atoms. The molecule has 1 aromatic heterocycles. The van der Waals surface area contributed by atoms with E-state index in [0.717, 1.165) is 0 Å². The number of nitrogens with one attached hydrogen (secondary N) is 1. The molecule has 182 valence electrons. The summed E-state index contributed by atoms with van der Waals surface area (Å²) in [6.45, 7) is 1.89. The summed E-state index contributed by atoms with van der Waals surface area (Å²) in [5.74, 6) is -0.187. The molecule has 9 heteroatoms. The number of halogens is 3. The minimum absolute atomic E-state index is 0.0405. The number of aliphatic imine (C=N–C) groups is 1. The van der Waals surface area contributed by atoms with Crippen LogP contribution in [0.4, 0.5) is 18.9 Å². The second-order valence-corrected chi connectivity index (χ2v) is 8.56. The summed E-state index contributed by atoms with van der Waals surface area (Å²) < 4.78 is 50.6. The zero-order valence-electron chi connectivity index (χ0n) is 19.2. The fourth-order valence-corrected chi connectivity index (χ4v) is 4.33. The van der Waals surface area contributed by atoms with E-state index >= 15 is 8.78 Å². The van der Waals surface area contributed by atoms with E-state index in [0.29, 0.717) is 17.2 Å². The van der Waals surface area contributed by atoms with E-state index in [1.807, 2.05) is 6.08 Å². The number of rotatable bonds is 3. The maximum absolute atomic E-state index is 16.1. The molecule has 3 aromatic rings. The van der Waals surface area contributed by atoms with Gasteiger partial charge in [-0.25, -0.2) is 18.2 Å². The second kappa shape index (κ2) is 9.13. The standard InChI is InChI=1S/C27H21F3N4O2/c1-3-16-19(28)11-10-15-8-6-9-17(20(15)16)22-21(29)23(33-26-27(35)36-26)18(13-32-22)25(31)34-12-5-4-7-14(2)24(34)30/h1,4,6-11,13-14,24,27,31,35H,5,12H2,2H3. The average molecular weight is 490 g/mol. The van der Waals surface area contributed by atoms with Gasteiger partial charge in [0, 0.05) is 29.6 Å². The Morgan fingerprint density at radius 1 is 1.31 bits per heavy atom. The van der Waals surface area contributed by atoms with Crippen molar-refractivity contribution in [2.24, 2.45) is 10.9 Å². The van der Waals surface area contributed by atoms with Crippen molar-refractivity contribution in [2.75, 3.05) is 6.54 Å². The predicted octanol–water partition coefficient (Wildman–Crippen LogP) is 5.06. The Bertz CT molecular complexity index is 1490. The van der Waals surface area contributed by atoms with Crippen molar-refractivity contribution in [3.63, 3.8) is 0 Å². The number of ether oxygens (including phenoxy) is 1. The van der Waals surface area contributed by atoms with Crippen molar-refractivity contribution in [3.05, 3.63) is 71.4 Å². The van der Waals surface area contributed by atoms with Gasteiger partial charge in [0.15, 0.2) is 12.1 Å². The summed E-state index contributed by atoms with van der Waals surface area (Å²) >= 11 is 0. The number of hydrogen-bond acceptors (Lipinski definition) is 5. The zero-order valence-corrected chi connectivity index (χ0v) is 19.2. The SMILES string of the molecule is C#Cc1c(F)ccc2cccc(-c3ncc(C(=N)N4CCC=CC(C)C4F)c(N=C4OC4O)c3F)c12. The quantitative estimate of drug-likeness (QED) is 0.134. The number of aromatic nitrogens is 1. The molecule has 0 saturated carbocycles. The van der Waals surface area contributed by atoms with Crippen LogP contribution in [0, 0.1) is 35.3 Å². The molecular formula is C27H21F3N4O2. The molecule has 2 aliphatic rings. The van der Waals surface area contributed by atoms with Crippen LogP contribution in [0.5, 0.6) is 0 Å². The average Bonchev–Trinajstić information content (AvgIpc) is 3.60. The number of fused-ring (bicyclic) bond motifs is 1. The Balaban J connectivity index is 1.70. The van der Waals surface area contributed by atoms with Gasteiger partial charge in [0.25, 0.3) is 12.2 Å². The summed E-state index contributed by atoms with van der Waals surface area (Å²) in [5, 5.41) is 19.2. The van der Waals surface area contributed by atoms with Crippen molar-refractivity contribution < 1.29 is 23.0 Å². The first kappa shape index (κ1) is 23.6. The van der Waals surface area contributed by atoms with Crippen LogP contribution < -0.4 is 0 Å².